The molecule has 0 saturated carbocycles. The summed E-state index contributed by atoms with van der Waals surface area (Å²) in [6, 6.07) is 13.9. The van der Waals surface area contributed by atoms with Crippen LogP contribution in [-0.4, -0.2) is 69.9 Å². The first-order chi connectivity index (χ1) is 13.9. The van der Waals surface area contributed by atoms with Crippen molar-refractivity contribution in [2.75, 3.05) is 46.4 Å². The number of nitrogens with one attached hydrogen (secondary N) is 1. The van der Waals surface area contributed by atoms with Crippen LogP contribution in [0.3, 0.4) is 0 Å². The van der Waals surface area contributed by atoms with Crippen molar-refractivity contribution >= 4 is 28.3 Å². The zero-order chi connectivity index (χ0) is 20.9. The Labute approximate surface area is 184 Å². The Kier molecular flexibility index (Phi) is 8.66. The summed E-state index contributed by atoms with van der Waals surface area (Å²) in [7, 11) is -1.96. The maximum Gasteiger partial charge on any atom is 0.251 e. The van der Waals surface area contributed by atoms with Gasteiger partial charge in [-0.2, -0.15) is 4.31 Å². The lowest BCUT2D eigenvalue weighted by Gasteiger charge is -2.34. The van der Waals surface area contributed by atoms with Crippen LogP contribution in [-0.2, 0) is 10.0 Å². The monoisotopic (exact) mass is 453 g/mol. The molecule has 1 saturated heterocycles. The van der Waals surface area contributed by atoms with Crippen LogP contribution in [0, 0.1) is 6.92 Å². The number of piperazine rings is 1. The minimum absolute atomic E-state index is 0. The zero-order valence-electron chi connectivity index (χ0n) is 17.2. The third-order valence-corrected chi connectivity index (χ3v) is 6.94. The van der Waals surface area contributed by atoms with Gasteiger partial charge in [-0.15, -0.1) is 12.4 Å². The van der Waals surface area contributed by atoms with Crippen molar-refractivity contribution in [3.63, 3.8) is 0 Å². The van der Waals surface area contributed by atoms with E-state index in [4.69, 9.17) is 4.74 Å². The zero-order valence-corrected chi connectivity index (χ0v) is 18.8. The molecule has 1 N–H and O–H groups in total. The highest BCUT2D eigenvalue weighted by Gasteiger charge is 2.28. The molecule has 7 nitrogen and oxygen atoms in total. The lowest BCUT2D eigenvalue weighted by atomic mass is 10.1. The molecule has 0 aliphatic carbocycles. The van der Waals surface area contributed by atoms with E-state index in [1.54, 1.807) is 37.4 Å². The fourth-order valence-electron chi connectivity index (χ4n) is 3.31. The quantitative estimate of drug-likeness (QED) is 0.695. The first kappa shape index (κ1) is 24.1. The van der Waals surface area contributed by atoms with Crippen molar-refractivity contribution < 1.29 is 17.9 Å². The molecule has 1 fully saturated rings. The molecule has 0 unspecified atom stereocenters. The van der Waals surface area contributed by atoms with Crippen LogP contribution in [0.4, 0.5) is 0 Å². The highest BCUT2D eigenvalue weighted by molar-refractivity contribution is 7.89. The Morgan fingerprint density at radius 2 is 1.73 bits per heavy atom. The average Bonchev–Trinajstić information content (AvgIpc) is 2.74. The molecule has 1 amide bonds. The third-order valence-electron chi connectivity index (χ3n) is 5.02. The third kappa shape index (κ3) is 5.95. The largest absolute Gasteiger partial charge is 0.497 e. The standard InChI is InChI=1S/C21H27N3O4S.ClH/c1-17-4-3-5-18(16-17)21(25)22-10-11-23-12-14-24(15-13-23)29(26,27)20-8-6-19(28-2)7-9-20;/h3-9,16H,10-15H2,1-2H3,(H,22,25);1H. The van der Waals surface area contributed by atoms with Gasteiger partial charge in [-0.1, -0.05) is 17.7 Å². The SMILES string of the molecule is COc1ccc(S(=O)(=O)N2CCN(CCNC(=O)c3cccc(C)c3)CC2)cc1.Cl. The summed E-state index contributed by atoms with van der Waals surface area (Å²) in [6.45, 7) is 5.30. The van der Waals surface area contributed by atoms with Gasteiger partial charge in [-0.3, -0.25) is 9.69 Å². The van der Waals surface area contributed by atoms with E-state index in [1.165, 1.54) is 4.31 Å². The molecule has 9 heteroatoms. The highest BCUT2D eigenvalue weighted by atomic mass is 35.5. The van der Waals surface area contributed by atoms with Crippen LogP contribution >= 0.6 is 12.4 Å². The number of carbonyl (C=O) groups excluding carboxylic acids is 1. The van der Waals surface area contributed by atoms with Crippen LogP contribution in [0.15, 0.2) is 53.4 Å². The number of halogens is 1. The molecule has 1 aliphatic heterocycles. The van der Waals surface area contributed by atoms with E-state index in [9.17, 15) is 13.2 Å². The van der Waals surface area contributed by atoms with Gasteiger partial charge in [-0.05, 0) is 43.3 Å². The van der Waals surface area contributed by atoms with Crippen LogP contribution in [0.2, 0.25) is 0 Å². The Hall–Kier alpha value is -2.13. The number of ether oxygens (including phenoxy) is 1. The topological polar surface area (TPSA) is 79.0 Å². The number of rotatable bonds is 7. The minimum atomic E-state index is -3.50. The normalized spacial score (nSPS) is 15.3. The van der Waals surface area contributed by atoms with Gasteiger partial charge >= 0.3 is 0 Å². The Morgan fingerprint density at radius 3 is 2.33 bits per heavy atom. The van der Waals surface area contributed by atoms with E-state index < -0.39 is 10.0 Å². The second-order valence-corrected chi connectivity index (χ2v) is 8.98. The summed E-state index contributed by atoms with van der Waals surface area (Å²) in [6.07, 6.45) is 0. The Balaban J connectivity index is 0.00000320. The molecule has 2 aromatic rings. The van der Waals surface area contributed by atoms with Gasteiger partial charge in [-0.25, -0.2) is 8.42 Å². The fourth-order valence-corrected chi connectivity index (χ4v) is 4.73. The maximum atomic E-state index is 12.8. The van der Waals surface area contributed by atoms with Gasteiger partial charge < -0.3 is 10.1 Å². The summed E-state index contributed by atoms with van der Waals surface area (Å²) >= 11 is 0. The summed E-state index contributed by atoms with van der Waals surface area (Å²) < 4.78 is 32.2. The first-order valence-corrected chi connectivity index (χ1v) is 11.1. The lowest BCUT2D eigenvalue weighted by Crippen LogP contribution is -2.50. The number of benzene rings is 2. The van der Waals surface area contributed by atoms with Gasteiger partial charge in [0.1, 0.15) is 5.75 Å². The summed E-state index contributed by atoms with van der Waals surface area (Å²) in [5.74, 6) is 0.538. The van der Waals surface area contributed by atoms with Crippen molar-refractivity contribution in [2.45, 2.75) is 11.8 Å². The van der Waals surface area contributed by atoms with Gasteiger partial charge in [0.15, 0.2) is 0 Å². The second-order valence-electron chi connectivity index (χ2n) is 7.05. The van der Waals surface area contributed by atoms with E-state index in [2.05, 4.69) is 10.2 Å². The van der Waals surface area contributed by atoms with Crippen molar-refractivity contribution in [3.05, 3.63) is 59.7 Å². The number of methoxy groups -OCH3 is 1. The van der Waals surface area contributed by atoms with Crippen LogP contribution in [0.5, 0.6) is 5.75 Å². The van der Waals surface area contributed by atoms with Crippen molar-refractivity contribution in [1.29, 1.82) is 0 Å². The molecule has 3 rings (SSSR count). The molecular weight excluding hydrogens is 426 g/mol. The van der Waals surface area contributed by atoms with Crippen molar-refractivity contribution in [1.82, 2.24) is 14.5 Å². The molecule has 0 radical (unpaired) electrons. The van der Waals surface area contributed by atoms with E-state index in [-0.39, 0.29) is 23.2 Å². The summed E-state index contributed by atoms with van der Waals surface area (Å²) in [5, 5.41) is 2.93. The predicted octanol–water partition coefficient (Wildman–Crippen LogP) is 2.16. The van der Waals surface area contributed by atoms with Crippen molar-refractivity contribution in [3.8, 4) is 5.75 Å². The van der Waals surface area contributed by atoms with Crippen LogP contribution in [0.25, 0.3) is 0 Å². The summed E-state index contributed by atoms with van der Waals surface area (Å²) in [5.41, 5.74) is 1.70. The molecule has 0 bridgehead atoms. The van der Waals surface area contributed by atoms with E-state index >= 15 is 0 Å². The number of hydrogen-bond acceptors (Lipinski definition) is 5. The number of aryl methyl sites for hydroxylation is 1. The number of nitrogens with zero attached hydrogens (tertiary/aromatic N) is 2. The van der Waals surface area contributed by atoms with Crippen LogP contribution in [0.1, 0.15) is 15.9 Å². The van der Waals surface area contributed by atoms with Gasteiger partial charge in [0.2, 0.25) is 10.0 Å². The molecule has 0 spiro atoms. The molecule has 2 aromatic carbocycles. The molecule has 30 heavy (non-hydrogen) atoms. The average molecular weight is 454 g/mol. The fraction of sp³-hybridized carbons (Fsp3) is 0.381. The van der Waals surface area contributed by atoms with E-state index in [1.807, 2.05) is 25.1 Å². The Bertz CT molecular complexity index is 943. The summed E-state index contributed by atoms with van der Waals surface area (Å²) in [4.78, 5) is 14.6. The van der Waals surface area contributed by atoms with Gasteiger partial charge in [0.05, 0.1) is 12.0 Å². The maximum absolute atomic E-state index is 12.8. The first-order valence-electron chi connectivity index (χ1n) is 9.61. The van der Waals surface area contributed by atoms with Crippen LogP contribution < -0.4 is 10.1 Å². The smallest absolute Gasteiger partial charge is 0.251 e. The highest BCUT2D eigenvalue weighted by Crippen LogP contribution is 2.20. The minimum Gasteiger partial charge on any atom is -0.497 e. The number of sulfonamides is 1. The number of hydrogen-bond donors (Lipinski definition) is 1. The second kappa shape index (κ2) is 10.8. The molecule has 1 aliphatic rings. The molecule has 1 heterocycles. The molecule has 164 valence electrons. The lowest BCUT2D eigenvalue weighted by molar-refractivity contribution is 0.0945. The Morgan fingerprint density at radius 1 is 1.07 bits per heavy atom. The molecule has 0 atom stereocenters. The predicted molar refractivity (Wildman–Crippen MR) is 119 cm³/mol. The van der Waals surface area contributed by atoms with E-state index in [0.29, 0.717) is 50.6 Å². The number of carbonyl (C=O) groups is 1. The van der Waals surface area contributed by atoms with E-state index in [0.717, 1.165) is 5.56 Å². The van der Waals surface area contributed by atoms with Gasteiger partial charge in [0.25, 0.3) is 5.91 Å². The van der Waals surface area contributed by atoms with Gasteiger partial charge in [0, 0.05) is 44.8 Å². The van der Waals surface area contributed by atoms with Crippen molar-refractivity contribution in [2.24, 2.45) is 0 Å². The molecular formula is C21H28ClN3O4S. The number of amides is 1. The molecule has 0 aromatic heterocycles.